The van der Waals surface area contributed by atoms with Gasteiger partial charge in [0.25, 0.3) is 11.6 Å². The van der Waals surface area contributed by atoms with Gasteiger partial charge in [-0.05, 0) is 36.8 Å². The maximum atomic E-state index is 12.2. The van der Waals surface area contributed by atoms with Gasteiger partial charge in [-0.3, -0.25) is 14.9 Å². The largest absolute Gasteiger partial charge is 0.486 e. The summed E-state index contributed by atoms with van der Waals surface area (Å²) in [4.78, 5) is 22.5. The number of nitro benzene ring substituents is 1. The summed E-state index contributed by atoms with van der Waals surface area (Å²) in [6.07, 6.45) is 3.34. The van der Waals surface area contributed by atoms with Gasteiger partial charge in [-0.2, -0.15) is 5.10 Å². The highest BCUT2D eigenvalue weighted by Crippen LogP contribution is 2.30. The number of nitrogens with one attached hydrogen (secondary N) is 1. The molecular weight excluding hydrogens is 350 g/mol. The molecule has 27 heavy (non-hydrogen) atoms. The summed E-state index contributed by atoms with van der Waals surface area (Å²) in [5, 5.41) is 14.8. The molecule has 0 unspecified atom stereocenters. The number of allylic oxidation sites excluding steroid dienone is 1. The molecule has 8 heteroatoms. The van der Waals surface area contributed by atoms with Crippen LogP contribution in [0, 0.1) is 10.1 Å². The van der Waals surface area contributed by atoms with Crippen LogP contribution < -0.4 is 14.9 Å². The second-order valence-electron chi connectivity index (χ2n) is 5.74. The average molecular weight is 367 g/mol. The summed E-state index contributed by atoms with van der Waals surface area (Å²) in [6.45, 7) is 2.63. The molecular formula is C19H17N3O5. The maximum Gasteiger partial charge on any atom is 0.271 e. The molecule has 0 aliphatic carbocycles. The number of hydrogen-bond acceptors (Lipinski definition) is 6. The molecule has 8 nitrogen and oxygen atoms in total. The molecule has 0 bridgehead atoms. The van der Waals surface area contributed by atoms with E-state index in [2.05, 4.69) is 10.5 Å². The standard InChI is InChI=1S/C19H17N3O5/c1-13(5-6-14-3-2-4-16(11-14)22(24)25)20-21-19(23)15-7-8-17-18(12-15)27-10-9-26-17/h2-8,11-12H,9-10H2,1H3,(H,21,23)/b6-5+,20-13+. The van der Waals surface area contributed by atoms with Crippen LogP contribution in [-0.4, -0.2) is 29.8 Å². The fourth-order valence-electron chi connectivity index (χ4n) is 2.38. The van der Waals surface area contributed by atoms with Crippen LogP contribution in [0.1, 0.15) is 22.8 Å². The second kappa shape index (κ2) is 8.13. The second-order valence-corrected chi connectivity index (χ2v) is 5.74. The summed E-state index contributed by atoms with van der Waals surface area (Å²) < 4.78 is 10.9. The molecule has 1 heterocycles. The molecule has 0 atom stereocenters. The minimum absolute atomic E-state index is 0.0126. The van der Waals surface area contributed by atoms with Crippen LogP contribution in [0.4, 0.5) is 5.69 Å². The Balaban J connectivity index is 1.64. The van der Waals surface area contributed by atoms with Crippen LogP contribution in [0.2, 0.25) is 0 Å². The quantitative estimate of drug-likeness (QED) is 0.497. The summed E-state index contributed by atoms with van der Waals surface area (Å²) in [5.41, 5.74) is 4.08. The van der Waals surface area contributed by atoms with Gasteiger partial charge in [-0.25, -0.2) is 5.43 Å². The molecule has 0 saturated heterocycles. The lowest BCUT2D eigenvalue weighted by Crippen LogP contribution is -2.20. The summed E-state index contributed by atoms with van der Waals surface area (Å²) in [6, 6.07) is 11.1. The minimum atomic E-state index is -0.453. The highest BCUT2D eigenvalue weighted by atomic mass is 16.6. The zero-order valence-electron chi connectivity index (χ0n) is 14.5. The van der Waals surface area contributed by atoms with Crippen LogP contribution in [-0.2, 0) is 0 Å². The molecule has 138 valence electrons. The number of carbonyl (C=O) groups is 1. The average Bonchev–Trinajstić information content (AvgIpc) is 2.70. The zero-order chi connectivity index (χ0) is 19.2. The van der Waals surface area contributed by atoms with Crippen molar-refractivity contribution in [2.75, 3.05) is 13.2 Å². The van der Waals surface area contributed by atoms with Crippen molar-refractivity contribution < 1.29 is 19.2 Å². The van der Waals surface area contributed by atoms with E-state index in [0.29, 0.717) is 41.6 Å². The number of non-ortho nitro benzene ring substituents is 1. The fraction of sp³-hybridized carbons (Fsp3) is 0.158. The first-order chi connectivity index (χ1) is 13.0. The van der Waals surface area contributed by atoms with Crippen molar-refractivity contribution in [3.63, 3.8) is 0 Å². The van der Waals surface area contributed by atoms with Crippen molar-refractivity contribution in [3.05, 3.63) is 69.8 Å². The number of nitro groups is 1. The molecule has 1 amide bonds. The van der Waals surface area contributed by atoms with Gasteiger partial charge in [0.05, 0.1) is 10.6 Å². The highest BCUT2D eigenvalue weighted by Gasteiger charge is 2.14. The number of benzene rings is 2. The molecule has 0 radical (unpaired) electrons. The highest BCUT2D eigenvalue weighted by molar-refractivity contribution is 5.99. The molecule has 1 aliphatic heterocycles. The molecule has 1 N–H and O–H groups in total. The third kappa shape index (κ3) is 4.69. The Hall–Kier alpha value is -3.68. The maximum absolute atomic E-state index is 12.2. The van der Waals surface area contributed by atoms with E-state index in [4.69, 9.17) is 9.47 Å². The molecule has 2 aromatic carbocycles. The van der Waals surface area contributed by atoms with E-state index < -0.39 is 4.92 Å². The molecule has 0 spiro atoms. The van der Waals surface area contributed by atoms with Gasteiger partial charge in [0.15, 0.2) is 11.5 Å². The first-order valence-corrected chi connectivity index (χ1v) is 8.20. The van der Waals surface area contributed by atoms with E-state index in [1.807, 2.05) is 0 Å². The lowest BCUT2D eigenvalue weighted by atomic mass is 10.2. The normalized spacial score (nSPS) is 13.4. The Bertz CT molecular complexity index is 937. The van der Waals surface area contributed by atoms with Gasteiger partial charge in [-0.15, -0.1) is 0 Å². The van der Waals surface area contributed by atoms with Crippen molar-refractivity contribution in [1.29, 1.82) is 0 Å². The zero-order valence-corrected chi connectivity index (χ0v) is 14.5. The smallest absolute Gasteiger partial charge is 0.271 e. The number of carbonyl (C=O) groups excluding carboxylic acids is 1. The van der Waals surface area contributed by atoms with E-state index in [9.17, 15) is 14.9 Å². The van der Waals surface area contributed by atoms with E-state index >= 15 is 0 Å². The van der Waals surface area contributed by atoms with Gasteiger partial charge in [-0.1, -0.05) is 18.2 Å². The van der Waals surface area contributed by atoms with Crippen LogP contribution in [0.15, 0.2) is 53.6 Å². The number of rotatable bonds is 5. The minimum Gasteiger partial charge on any atom is -0.486 e. The Morgan fingerprint density at radius 3 is 2.74 bits per heavy atom. The summed E-state index contributed by atoms with van der Waals surface area (Å²) >= 11 is 0. The topological polar surface area (TPSA) is 103 Å². The number of amides is 1. The number of hydrazone groups is 1. The monoisotopic (exact) mass is 367 g/mol. The molecule has 2 aromatic rings. The SMILES string of the molecule is CC(/C=C/c1cccc([N+](=O)[O-])c1)=N\NC(=O)c1ccc2c(c1)OCCO2. The van der Waals surface area contributed by atoms with Crippen molar-refractivity contribution in [3.8, 4) is 11.5 Å². The van der Waals surface area contributed by atoms with Crippen molar-refractivity contribution >= 4 is 23.4 Å². The van der Waals surface area contributed by atoms with E-state index in [0.717, 1.165) is 0 Å². The van der Waals surface area contributed by atoms with Crippen molar-refractivity contribution in [2.45, 2.75) is 6.92 Å². The first kappa shape index (κ1) is 18.1. The first-order valence-electron chi connectivity index (χ1n) is 8.20. The Labute approximate surface area is 155 Å². The van der Waals surface area contributed by atoms with Gasteiger partial charge >= 0.3 is 0 Å². The van der Waals surface area contributed by atoms with Crippen LogP contribution in [0.5, 0.6) is 11.5 Å². The third-order valence-corrected chi connectivity index (χ3v) is 3.74. The van der Waals surface area contributed by atoms with Crippen LogP contribution in [0.3, 0.4) is 0 Å². The summed E-state index contributed by atoms with van der Waals surface area (Å²) in [7, 11) is 0. The Morgan fingerprint density at radius 2 is 1.96 bits per heavy atom. The number of hydrogen-bond donors (Lipinski definition) is 1. The van der Waals surface area contributed by atoms with Gasteiger partial charge in [0.2, 0.25) is 0 Å². The molecule has 3 rings (SSSR count). The predicted molar refractivity (Wildman–Crippen MR) is 100 cm³/mol. The molecule has 0 fully saturated rings. The number of fused-ring (bicyclic) bond motifs is 1. The van der Waals surface area contributed by atoms with Crippen molar-refractivity contribution in [1.82, 2.24) is 5.43 Å². The van der Waals surface area contributed by atoms with E-state index in [-0.39, 0.29) is 11.6 Å². The van der Waals surface area contributed by atoms with Crippen LogP contribution in [0.25, 0.3) is 6.08 Å². The lowest BCUT2D eigenvalue weighted by molar-refractivity contribution is -0.384. The molecule has 0 saturated carbocycles. The van der Waals surface area contributed by atoms with Gasteiger partial charge in [0, 0.05) is 17.7 Å². The van der Waals surface area contributed by atoms with E-state index in [1.165, 1.54) is 12.1 Å². The number of nitrogens with zero attached hydrogens (tertiary/aromatic N) is 2. The Morgan fingerprint density at radius 1 is 1.19 bits per heavy atom. The molecule has 0 aromatic heterocycles. The summed E-state index contributed by atoms with van der Waals surface area (Å²) in [5.74, 6) is 0.757. The Kier molecular flexibility index (Phi) is 5.46. The van der Waals surface area contributed by atoms with Gasteiger partial charge < -0.3 is 9.47 Å². The predicted octanol–water partition coefficient (Wildman–Crippen LogP) is 3.19. The van der Waals surface area contributed by atoms with Gasteiger partial charge in [0.1, 0.15) is 13.2 Å². The fourth-order valence-corrected chi connectivity index (χ4v) is 2.38. The third-order valence-electron chi connectivity index (χ3n) is 3.74. The van der Waals surface area contributed by atoms with Crippen LogP contribution >= 0.6 is 0 Å². The lowest BCUT2D eigenvalue weighted by Gasteiger charge is -2.18. The van der Waals surface area contributed by atoms with Crippen molar-refractivity contribution in [2.24, 2.45) is 5.10 Å². The molecule has 1 aliphatic rings. The van der Waals surface area contributed by atoms with E-state index in [1.54, 1.807) is 49.4 Å². The number of ether oxygens (including phenoxy) is 2.